The highest BCUT2D eigenvalue weighted by Gasteiger charge is 2.18. The number of carbonyl (C=O) groups excluding carboxylic acids is 1. The van der Waals surface area contributed by atoms with E-state index in [1.165, 1.54) is 4.57 Å². The van der Waals surface area contributed by atoms with Gasteiger partial charge in [-0.05, 0) is 36.1 Å². The molecule has 0 saturated heterocycles. The SMILES string of the molecule is Cc1ccc2oc(=O)n(Cc3noc(C(=O)NC[C@@H](C)c4ccccc4)n3)c2c1. The van der Waals surface area contributed by atoms with Crippen LogP contribution in [0.4, 0.5) is 0 Å². The third-order valence-corrected chi connectivity index (χ3v) is 4.72. The highest BCUT2D eigenvalue weighted by Crippen LogP contribution is 2.16. The smallest absolute Gasteiger partial charge is 0.408 e. The van der Waals surface area contributed by atoms with Crippen molar-refractivity contribution in [3.8, 4) is 0 Å². The van der Waals surface area contributed by atoms with Crippen LogP contribution in [0.15, 0.2) is 62.3 Å². The standard InChI is InChI=1S/C21H20N4O4/c1-13-8-9-17-16(10-13)25(21(27)28-17)12-18-23-20(29-24-18)19(26)22-11-14(2)15-6-4-3-5-7-15/h3-10,14H,11-12H2,1-2H3,(H,22,26)/t14-/m1/s1. The lowest BCUT2D eigenvalue weighted by atomic mass is 10.0. The molecular formula is C21H20N4O4. The Bertz CT molecular complexity index is 1210. The van der Waals surface area contributed by atoms with Crippen LogP contribution in [-0.4, -0.2) is 27.2 Å². The Morgan fingerprint density at radius 1 is 1.21 bits per heavy atom. The summed E-state index contributed by atoms with van der Waals surface area (Å²) >= 11 is 0. The van der Waals surface area contributed by atoms with Crippen molar-refractivity contribution in [2.45, 2.75) is 26.3 Å². The fraction of sp³-hybridized carbons (Fsp3) is 0.238. The zero-order chi connectivity index (χ0) is 20.4. The minimum Gasteiger partial charge on any atom is -0.408 e. The summed E-state index contributed by atoms with van der Waals surface area (Å²) in [5, 5.41) is 6.62. The zero-order valence-corrected chi connectivity index (χ0v) is 16.1. The molecule has 0 fully saturated rings. The predicted octanol–water partition coefficient (Wildman–Crippen LogP) is 2.87. The summed E-state index contributed by atoms with van der Waals surface area (Å²) in [6.45, 7) is 4.43. The molecule has 0 aliphatic heterocycles. The topological polar surface area (TPSA) is 103 Å². The van der Waals surface area contributed by atoms with Crippen LogP contribution in [0.1, 0.15) is 40.5 Å². The number of amides is 1. The number of benzene rings is 2. The van der Waals surface area contributed by atoms with Crippen molar-refractivity contribution in [2.24, 2.45) is 0 Å². The summed E-state index contributed by atoms with van der Waals surface area (Å²) in [5.74, 6) is -0.749. The predicted molar refractivity (Wildman–Crippen MR) is 106 cm³/mol. The lowest BCUT2D eigenvalue weighted by Crippen LogP contribution is -2.27. The van der Waals surface area contributed by atoms with Gasteiger partial charge >= 0.3 is 17.6 Å². The number of hydrogen-bond acceptors (Lipinski definition) is 6. The average molecular weight is 392 g/mol. The first-order chi connectivity index (χ1) is 14.0. The van der Waals surface area contributed by atoms with E-state index in [-0.39, 0.29) is 24.2 Å². The van der Waals surface area contributed by atoms with Crippen molar-refractivity contribution >= 4 is 17.0 Å². The molecule has 1 amide bonds. The summed E-state index contributed by atoms with van der Waals surface area (Å²) in [7, 11) is 0. The van der Waals surface area contributed by atoms with E-state index in [1.807, 2.05) is 56.3 Å². The number of nitrogens with one attached hydrogen (secondary N) is 1. The van der Waals surface area contributed by atoms with E-state index < -0.39 is 11.7 Å². The van der Waals surface area contributed by atoms with Gasteiger partial charge in [0.1, 0.15) is 0 Å². The molecule has 2 heterocycles. The molecule has 0 unspecified atom stereocenters. The summed E-state index contributed by atoms with van der Waals surface area (Å²) in [6.07, 6.45) is 0. The second-order valence-electron chi connectivity index (χ2n) is 6.96. The Morgan fingerprint density at radius 2 is 2.00 bits per heavy atom. The van der Waals surface area contributed by atoms with Crippen LogP contribution in [-0.2, 0) is 6.54 Å². The minimum absolute atomic E-state index is 0.0481. The lowest BCUT2D eigenvalue weighted by molar-refractivity contribution is 0.0907. The van der Waals surface area contributed by atoms with E-state index in [9.17, 15) is 9.59 Å². The quantitative estimate of drug-likeness (QED) is 0.541. The van der Waals surface area contributed by atoms with Crippen molar-refractivity contribution in [1.29, 1.82) is 0 Å². The van der Waals surface area contributed by atoms with Crippen LogP contribution in [0.5, 0.6) is 0 Å². The Morgan fingerprint density at radius 3 is 2.79 bits per heavy atom. The second-order valence-corrected chi connectivity index (χ2v) is 6.96. The summed E-state index contributed by atoms with van der Waals surface area (Å²) < 4.78 is 11.7. The van der Waals surface area contributed by atoms with Crippen molar-refractivity contribution in [3.05, 3.63) is 81.9 Å². The molecule has 0 spiro atoms. The molecule has 4 rings (SSSR count). The third kappa shape index (κ3) is 3.96. The number of oxazole rings is 1. The molecule has 0 aliphatic rings. The van der Waals surface area contributed by atoms with E-state index in [0.29, 0.717) is 17.6 Å². The Kier molecular flexibility index (Phi) is 4.99. The molecule has 2 aromatic heterocycles. The molecule has 4 aromatic rings. The number of carbonyl (C=O) groups is 1. The number of rotatable bonds is 6. The molecule has 0 bridgehead atoms. The maximum absolute atomic E-state index is 12.3. The van der Waals surface area contributed by atoms with Crippen LogP contribution in [0.3, 0.4) is 0 Å². The van der Waals surface area contributed by atoms with Gasteiger partial charge in [-0.25, -0.2) is 4.79 Å². The first-order valence-electron chi connectivity index (χ1n) is 9.27. The number of nitrogens with zero attached hydrogens (tertiary/aromatic N) is 3. The first kappa shape index (κ1) is 18.7. The van der Waals surface area contributed by atoms with Gasteiger partial charge in [0.05, 0.1) is 12.1 Å². The molecule has 29 heavy (non-hydrogen) atoms. The highest BCUT2D eigenvalue weighted by molar-refractivity contribution is 5.89. The molecule has 0 saturated carbocycles. The minimum atomic E-state index is -0.516. The van der Waals surface area contributed by atoms with E-state index in [1.54, 1.807) is 6.07 Å². The number of aryl methyl sites for hydroxylation is 1. The largest absolute Gasteiger partial charge is 0.420 e. The normalized spacial score (nSPS) is 12.2. The van der Waals surface area contributed by atoms with E-state index in [4.69, 9.17) is 8.94 Å². The molecule has 0 radical (unpaired) electrons. The molecule has 148 valence electrons. The Labute approximate surface area is 166 Å². The molecular weight excluding hydrogens is 372 g/mol. The first-order valence-corrected chi connectivity index (χ1v) is 9.27. The number of aromatic nitrogens is 3. The molecule has 1 atom stereocenters. The van der Waals surface area contributed by atoms with Gasteiger partial charge in [-0.1, -0.05) is 48.5 Å². The summed E-state index contributed by atoms with van der Waals surface area (Å²) in [4.78, 5) is 28.6. The summed E-state index contributed by atoms with van der Waals surface area (Å²) in [5.41, 5.74) is 3.24. The van der Waals surface area contributed by atoms with Crippen molar-refractivity contribution in [2.75, 3.05) is 6.54 Å². The van der Waals surface area contributed by atoms with E-state index in [0.717, 1.165) is 11.1 Å². The van der Waals surface area contributed by atoms with Gasteiger partial charge in [0, 0.05) is 6.54 Å². The Hall–Kier alpha value is -3.68. The van der Waals surface area contributed by atoms with Crippen LogP contribution in [0.25, 0.3) is 11.1 Å². The fourth-order valence-corrected chi connectivity index (χ4v) is 3.09. The maximum Gasteiger partial charge on any atom is 0.420 e. The lowest BCUT2D eigenvalue weighted by Gasteiger charge is -2.11. The van der Waals surface area contributed by atoms with Gasteiger partial charge in [0.15, 0.2) is 11.4 Å². The monoisotopic (exact) mass is 392 g/mol. The van der Waals surface area contributed by atoms with Gasteiger partial charge < -0.3 is 14.3 Å². The van der Waals surface area contributed by atoms with Gasteiger partial charge in [-0.3, -0.25) is 9.36 Å². The Balaban J connectivity index is 1.45. The molecule has 8 heteroatoms. The molecule has 2 aromatic carbocycles. The average Bonchev–Trinajstić information content (AvgIpc) is 3.32. The summed E-state index contributed by atoms with van der Waals surface area (Å²) in [6, 6.07) is 15.3. The van der Waals surface area contributed by atoms with Gasteiger partial charge in [-0.15, -0.1) is 0 Å². The third-order valence-electron chi connectivity index (χ3n) is 4.72. The molecule has 1 N–H and O–H groups in total. The van der Waals surface area contributed by atoms with Gasteiger partial charge in [0.2, 0.25) is 0 Å². The van der Waals surface area contributed by atoms with Gasteiger partial charge in [0.25, 0.3) is 0 Å². The zero-order valence-electron chi connectivity index (χ0n) is 16.1. The van der Waals surface area contributed by atoms with Crippen LogP contribution >= 0.6 is 0 Å². The van der Waals surface area contributed by atoms with Crippen LogP contribution < -0.4 is 11.1 Å². The van der Waals surface area contributed by atoms with E-state index in [2.05, 4.69) is 15.5 Å². The van der Waals surface area contributed by atoms with Crippen molar-refractivity contribution < 1.29 is 13.7 Å². The van der Waals surface area contributed by atoms with Crippen LogP contribution in [0, 0.1) is 6.92 Å². The molecule has 8 nitrogen and oxygen atoms in total. The highest BCUT2D eigenvalue weighted by atomic mass is 16.5. The van der Waals surface area contributed by atoms with Gasteiger partial charge in [-0.2, -0.15) is 4.98 Å². The maximum atomic E-state index is 12.3. The van der Waals surface area contributed by atoms with Crippen molar-refractivity contribution in [3.63, 3.8) is 0 Å². The fourth-order valence-electron chi connectivity index (χ4n) is 3.09. The van der Waals surface area contributed by atoms with Crippen molar-refractivity contribution in [1.82, 2.24) is 20.0 Å². The van der Waals surface area contributed by atoms with E-state index >= 15 is 0 Å². The second kappa shape index (κ2) is 7.75. The number of hydrogen-bond donors (Lipinski definition) is 1. The number of fused-ring (bicyclic) bond motifs is 1. The van der Waals surface area contributed by atoms with Crippen LogP contribution in [0.2, 0.25) is 0 Å². The molecule has 0 aliphatic carbocycles.